The molecule has 17 heavy (non-hydrogen) atoms. The van der Waals surface area contributed by atoms with E-state index in [2.05, 4.69) is 10.3 Å². The molecule has 0 saturated heterocycles. The van der Waals surface area contributed by atoms with Gasteiger partial charge in [0.05, 0.1) is 0 Å². The molecule has 0 unspecified atom stereocenters. The number of carbonyl (C=O) groups is 1. The number of amides is 1. The molecule has 2 N–H and O–H groups in total. The summed E-state index contributed by atoms with van der Waals surface area (Å²) in [4.78, 5) is 15.1. The maximum absolute atomic E-state index is 11.6. The first-order chi connectivity index (χ1) is 8.29. The summed E-state index contributed by atoms with van der Waals surface area (Å²) >= 11 is 0. The second kappa shape index (κ2) is 3.91. The van der Waals surface area contributed by atoms with Gasteiger partial charge in [-0.15, -0.1) is 0 Å². The highest BCUT2D eigenvalue weighted by molar-refractivity contribution is 5.99. The highest BCUT2D eigenvalue weighted by atomic mass is 16.1. The van der Waals surface area contributed by atoms with Crippen molar-refractivity contribution in [2.45, 2.75) is 25.7 Å². The average molecular weight is 228 g/mol. The van der Waals surface area contributed by atoms with Crippen LogP contribution in [0, 0.1) is 0 Å². The number of H-pyrrole nitrogens is 1. The summed E-state index contributed by atoms with van der Waals surface area (Å²) in [5.41, 5.74) is 4.68. The summed E-state index contributed by atoms with van der Waals surface area (Å²) in [6.45, 7) is 0. The molecule has 1 aliphatic carbocycles. The Morgan fingerprint density at radius 1 is 1.29 bits per heavy atom. The Morgan fingerprint density at radius 2 is 2.12 bits per heavy atom. The van der Waals surface area contributed by atoms with E-state index >= 15 is 0 Å². The molecule has 1 aliphatic rings. The highest BCUT2D eigenvalue weighted by Gasteiger charge is 2.16. The third-order valence-electron chi connectivity index (χ3n) is 3.59. The van der Waals surface area contributed by atoms with Crippen LogP contribution < -0.4 is 5.32 Å². The third-order valence-corrected chi connectivity index (χ3v) is 3.59. The fraction of sp³-hybridized carbons (Fsp3) is 0.357. The van der Waals surface area contributed by atoms with Gasteiger partial charge >= 0.3 is 0 Å². The molecule has 1 aromatic heterocycles. The molecule has 0 spiro atoms. The van der Waals surface area contributed by atoms with Crippen LogP contribution in [-0.2, 0) is 12.8 Å². The van der Waals surface area contributed by atoms with Gasteiger partial charge in [-0.2, -0.15) is 0 Å². The predicted molar refractivity (Wildman–Crippen MR) is 68.3 cm³/mol. The first-order valence-electron chi connectivity index (χ1n) is 6.15. The van der Waals surface area contributed by atoms with E-state index in [4.69, 9.17) is 0 Å². The zero-order chi connectivity index (χ0) is 11.8. The van der Waals surface area contributed by atoms with Crippen molar-refractivity contribution < 1.29 is 4.79 Å². The minimum atomic E-state index is -0.0161. The van der Waals surface area contributed by atoms with Gasteiger partial charge in [0.2, 0.25) is 0 Å². The van der Waals surface area contributed by atoms with Gasteiger partial charge < -0.3 is 10.3 Å². The van der Waals surface area contributed by atoms with Crippen molar-refractivity contribution in [2.75, 3.05) is 7.05 Å². The maximum Gasteiger partial charge on any atom is 0.251 e. The average Bonchev–Trinajstić information content (AvgIpc) is 2.75. The maximum atomic E-state index is 11.6. The Kier molecular flexibility index (Phi) is 2.39. The summed E-state index contributed by atoms with van der Waals surface area (Å²) < 4.78 is 0. The van der Waals surface area contributed by atoms with Gasteiger partial charge in [0.1, 0.15) is 0 Å². The molecule has 0 atom stereocenters. The minimum Gasteiger partial charge on any atom is -0.358 e. The van der Waals surface area contributed by atoms with E-state index in [0.717, 1.165) is 23.9 Å². The summed E-state index contributed by atoms with van der Waals surface area (Å²) in [6.07, 6.45) is 4.79. The molecular weight excluding hydrogens is 212 g/mol. The lowest BCUT2D eigenvalue weighted by atomic mass is 9.95. The van der Waals surface area contributed by atoms with Crippen molar-refractivity contribution in [3.63, 3.8) is 0 Å². The largest absolute Gasteiger partial charge is 0.358 e. The zero-order valence-corrected chi connectivity index (χ0v) is 9.97. The number of aromatic nitrogens is 1. The first kappa shape index (κ1) is 10.4. The minimum absolute atomic E-state index is 0.0161. The first-order valence-corrected chi connectivity index (χ1v) is 6.15. The molecule has 1 heterocycles. The summed E-state index contributed by atoms with van der Waals surface area (Å²) in [6, 6.07) is 5.90. The number of fused-ring (bicyclic) bond motifs is 3. The monoisotopic (exact) mass is 228 g/mol. The molecule has 0 fully saturated rings. The fourth-order valence-electron chi connectivity index (χ4n) is 2.69. The van der Waals surface area contributed by atoms with Crippen molar-refractivity contribution in [2.24, 2.45) is 0 Å². The van der Waals surface area contributed by atoms with Crippen LogP contribution in [-0.4, -0.2) is 17.9 Å². The molecule has 1 aromatic carbocycles. The van der Waals surface area contributed by atoms with E-state index in [1.807, 2.05) is 18.2 Å². The standard InChI is InChI=1S/C14H16N2O/c1-15-14(17)9-6-7-13-11(8-9)10-4-2-3-5-12(10)16-13/h6-8,16H,2-5H2,1H3,(H,15,17). The van der Waals surface area contributed by atoms with E-state index in [-0.39, 0.29) is 5.91 Å². The van der Waals surface area contributed by atoms with Gasteiger partial charge in [0.15, 0.2) is 0 Å². The lowest BCUT2D eigenvalue weighted by Crippen LogP contribution is -2.17. The van der Waals surface area contributed by atoms with Crippen LogP contribution >= 0.6 is 0 Å². The van der Waals surface area contributed by atoms with Crippen LogP contribution in [0.4, 0.5) is 0 Å². The molecule has 88 valence electrons. The summed E-state index contributed by atoms with van der Waals surface area (Å²) in [5, 5.41) is 3.89. The zero-order valence-electron chi connectivity index (χ0n) is 9.97. The number of nitrogens with one attached hydrogen (secondary N) is 2. The SMILES string of the molecule is CNC(=O)c1ccc2[nH]c3c(c2c1)CCCC3. The fourth-order valence-corrected chi connectivity index (χ4v) is 2.69. The predicted octanol–water partition coefficient (Wildman–Crippen LogP) is 2.41. The molecule has 0 bridgehead atoms. The molecule has 0 saturated carbocycles. The van der Waals surface area contributed by atoms with Crippen molar-refractivity contribution in [3.8, 4) is 0 Å². The second-order valence-electron chi connectivity index (χ2n) is 4.63. The quantitative estimate of drug-likeness (QED) is 0.773. The van der Waals surface area contributed by atoms with E-state index in [1.165, 1.54) is 29.5 Å². The molecule has 0 aliphatic heterocycles. The topological polar surface area (TPSA) is 44.9 Å². The van der Waals surface area contributed by atoms with Gasteiger partial charge in [-0.1, -0.05) is 0 Å². The Morgan fingerprint density at radius 3 is 2.94 bits per heavy atom. The van der Waals surface area contributed by atoms with Crippen LogP contribution in [0.3, 0.4) is 0 Å². The number of benzene rings is 1. The number of hydrogen-bond acceptors (Lipinski definition) is 1. The van der Waals surface area contributed by atoms with Crippen LogP contribution in [0.1, 0.15) is 34.5 Å². The normalized spacial score (nSPS) is 14.6. The number of aryl methyl sites for hydroxylation is 2. The molecule has 2 aromatic rings. The van der Waals surface area contributed by atoms with Gasteiger partial charge in [-0.3, -0.25) is 4.79 Å². The van der Waals surface area contributed by atoms with Gasteiger partial charge in [-0.25, -0.2) is 0 Å². The molecule has 3 heteroatoms. The summed E-state index contributed by atoms with van der Waals surface area (Å²) in [5.74, 6) is -0.0161. The van der Waals surface area contributed by atoms with Gasteiger partial charge in [0, 0.05) is 29.2 Å². The van der Waals surface area contributed by atoms with Crippen molar-refractivity contribution in [3.05, 3.63) is 35.0 Å². The Bertz CT molecular complexity index is 583. The lowest BCUT2D eigenvalue weighted by Gasteiger charge is -2.10. The second-order valence-corrected chi connectivity index (χ2v) is 4.63. The van der Waals surface area contributed by atoms with Crippen LogP contribution in [0.5, 0.6) is 0 Å². The van der Waals surface area contributed by atoms with Crippen molar-refractivity contribution in [1.82, 2.24) is 10.3 Å². The Labute approximate surface area is 100 Å². The smallest absolute Gasteiger partial charge is 0.251 e. The van der Waals surface area contributed by atoms with Crippen LogP contribution in [0.15, 0.2) is 18.2 Å². The Hall–Kier alpha value is -1.77. The number of rotatable bonds is 1. The van der Waals surface area contributed by atoms with Crippen molar-refractivity contribution in [1.29, 1.82) is 0 Å². The number of aromatic amines is 1. The highest BCUT2D eigenvalue weighted by Crippen LogP contribution is 2.29. The van der Waals surface area contributed by atoms with E-state index < -0.39 is 0 Å². The van der Waals surface area contributed by atoms with Crippen molar-refractivity contribution >= 4 is 16.8 Å². The number of hydrogen-bond donors (Lipinski definition) is 2. The van der Waals surface area contributed by atoms with E-state index in [0.29, 0.717) is 0 Å². The molecule has 3 nitrogen and oxygen atoms in total. The van der Waals surface area contributed by atoms with Crippen LogP contribution in [0.2, 0.25) is 0 Å². The molecule has 1 amide bonds. The number of carbonyl (C=O) groups excluding carboxylic acids is 1. The Balaban J connectivity index is 2.17. The third kappa shape index (κ3) is 1.62. The van der Waals surface area contributed by atoms with E-state index in [9.17, 15) is 4.79 Å². The summed E-state index contributed by atoms with van der Waals surface area (Å²) in [7, 11) is 1.67. The van der Waals surface area contributed by atoms with Gasteiger partial charge in [0.25, 0.3) is 5.91 Å². The van der Waals surface area contributed by atoms with Gasteiger partial charge in [-0.05, 0) is 49.4 Å². The van der Waals surface area contributed by atoms with E-state index in [1.54, 1.807) is 7.05 Å². The molecular formula is C14H16N2O. The van der Waals surface area contributed by atoms with Crippen LogP contribution in [0.25, 0.3) is 10.9 Å². The molecule has 0 radical (unpaired) electrons. The lowest BCUT2D eigenvalue weighted by molar-refractivity contribution is 0.0963. The molecule has 3 rings (SSSR count).